The van der Waals surface area contributed by atoms with Crippen LogP contribution in [0.25, 0.3) is 22.4 Å². The van der Waals surface area contributed by atoms with Crippen molar-refractivity contribution in [2.75, 3.05) is 13.2 Å². The Morgan fingerprint density at radius 3 is 2.16 bits per heavy atom. The maximum absolute atomic E-state index is 14.4. The number of thiophene rings is 1. The molecule has 0 saturated carbocycles. The zero-order chi connectivity index (χ0) is 42.7. The minimum absolute atomic E-state index is 0.119. The molecule has 6 aromatic rings. The molecule has 8 rings (SSSR count). The number of amides is 2. The zero-order valence-electron chi connectivity index (χ0n) is 34.8. The fraction of sp³-hybridized carbons (Fsp3) is 0.275. The number of aliphatic hydroxyl groups excluding tert-OH is 2. The molecule has 0 spiro atoms. The number of fused-ring (bicyclic) bond motifs is 2. The summed E-state index contributed by atoms with van der Waals surface area (Å²) in [6.07, 6.45) is 3.62. The standard InChI is InChI=1S/C51H52N2O6SSi/c1-51(2,3)61(38-16-6-4-7-17-38,39-18-8-5-9-19-39)59-33-36-30-42-48(50(58)53(49(42)57)31-37-15-14-28-60-37)43(32-54)47(36)46(56)26-24-35(44-22-12-13-27-52-44)29-34-23-25-45(55)41-21-11-10-20-40(34)41/h4-23,25,27-29,42-43,46,48,54-56H,24,26,30-33H2,1-3H3/b35-29-/t42-,43+,46-,48-/m1/s1. The summed E-state index contributed by atoms with van der Waals surface area (Å²) in [5, 5.41) is 40.0. The first-order valence-corrected chi connectivity index (χ1v) is 23.8. The summed E-state index contributed by atoms with van der Waals surface area (Å²) >= 11 is 1.49. The number of hydrogen-bond donors (Lipinski definition) is 3. The van der Waals surface area contributed by atoms with Crippen molar-refractivity contribution in [2.24, 2.45) is 17.8 Å². The van der Waals surface area contributed by atoms with E-state index in [-0.39, 0.29) is 48.6 Å². The van der Waals surface area contributed by atoms with Crippen LogP contribution in [-0.4, -0.2) is 64.7 Å². The lowest BCUT2D eigenvalue weighted by atomic mass is 9.68. The molecule has 8 nitrogen and oxygen atoms in total. The first kappa shape index (κ1) is 42.2. The van der Waals surface area contributed by atoms with Gasteiger partial charge in [-0.3, -0.25) is 19.5 Å². The van der Waals surface area contributed by atoms with Crippen LogP contribution in [0.2, 0.25) is 5.04 Å². The van der Waals surface area contributed by atoms with Gasteiger partial charge in [0.1, 0.15) is 5.75 Å². The quantitative estimate of drug-likeness (QED) is 0.0573. The van der Waals surface area contributed by atoms with Gasteiger partial charge in [0, 0.05) is 22.4 Å². The largest absolute Gasteiger partial charge is 0.507 e. The molecule has 4 atom stereocenters. The maximum Gasteiger partial charge on any atom is 0.261 e. The Bertz CT molecular complexity index is 2520. The summed E-state index contributed by atoms with van der Waals surface area (Å²) in [4.78, 5) is 35.6. The fourth-order valence-electron chi connectivity index (χ4n) is 9.72. The lowest BCUT2D eigenvalue weighted by molar-refractivity contribution is -0.140. The minimum Gasteiger partial charge on any atom is -0.507 e. The number of aromatic hydroxyl groups is 1. The number of phenols is 1. The zero-order valence-corrected chi connectivity index (χ0v) is 36.6. The highest BCUT2D eigenvalue weighted by Gasteiger charge is 2.56. The SMILES string of the molecule is CC(C)(C)[Si](OCC1=C([C@H](O)CC/C(=C/c2ccc(O)c3ccccc23)c2ccccn2)[C@H](CO)[C@@H]2C(=O)N(Cc3cccs3)C(=O)[C@@H]2C1)(c1ccccc1)c1ccccc1. The van der Waals surface area contributed by atoms with Gasteiger partial charge in [-0.05, 0) is 98.1 Å². The van der Waals surface area contributed by atoms with Gasteiger partial charge in [0.25, 0.3) is 8.32 Å². The Balaban J connectivity index is 1.21. The van der Waals surface area contributed by atoms with E-state index >= 15 is 0 Å². The van der Waals surface area contributed by atoms with E-state index in [9.17, 15) is 24.9 Å². The van der Waals surface area contributed by atoms with Crippen LogP contribution in [0.1, 0.15) is 56.2 Å². The van der Waals surface area contributed by atoms with Gasteiger partial charge in [0.2, 0.25) is 11.8 Å². The van der Waals surface area contributed by atoms with Crippen LogP contribution in [-0.2, 0) is 20.6 Å². The number of rotatable bonds is 14. The summed E-state index contributed by atoms with van der Waals surface area (Å²) in [6.45, 7) is 6.51. The number of allylic oxidation sites excluding steroid dienone is 1. The van der Waals surface area contributed by atoms with E-state index in [1.54, 1.807) is 12.3 Å². The molecule has 2 aromatic heterocycles. The van der Waals surface area contributed by atoms with Gasteiger partial charge in [-0.2, -0.15) is 0 Å². The number of benzene rings is 4. The highest BCUT2D eigenvalue weighted by molar-refractivity contribution is 7.09. The fourth-order valence-corrected chi connectivity index (χ4v) is 15.0. The van der Waals surface area contributed by atoms with Crippen LogP contribution in [0.4, 0.5) is 0 Å². The van der Waals surface area contributed by atoms with Crippen LogP contribution in [0.3, 0.4) is 0 Å². The third-order valence-electron chi connectivity index (χ3n) is 12.6. The average molecular weight is 849 g/mol. The molecular formula is C51H52N2O6SSi. The van der Waals surface area contributed by atoms with E-state index < -0.39 is 38.8 Å². The molecule has 0 unspecified atom stereocenters. The average Bonchev–Trinajstić information content (AvgIpc) is 3.88. The molecule has 0 radical (unpaired) electrons. The molecule has 4 aromatic carbocycles. The molecule has 3 N–H and O–H groups in total. The third kappa shape index (κ3) is 8.18. The Morgan fingerprint density at radius 1 is 0.869 bits per heavy atom. The Kier molecular flexibility index (Phi) is 12.3. The van der Waals surface area contributed by atoms with Gasteiger partial charge < -0.3 is 19.7 Å². The van der Waals surface area contributed by atoms with E-state index in [1.165, 1.54) is 16.2 Å². The molecule has 61 heavy (non-hydrogen) atoms. The second-order valence-corrected chi connectivity index (χ2v) is 22.5. The number of imide groups is 1. The number of carbonyl (C=O) groups is 2. The van der Waals surface area contributed by atoms with E-state index in [1.807, 2.05) is 102 Å². The maximum atomic E-state index is 14.4. The second kappa shape index (κ2) is 17.8. The van der Waals surface area contributed by atoms with Crippen molar-refractivity contribution in [3.63, 3.8) is 0 Å². The van der Waals surface area contributed by atoms with Crippen molar-refractivity contribution in [2.45, 2.75) is 57.7 Å². The summed E-state index contributed by atoms with van der Waals surface area (Å²) in [5.41, 5.74) is 3.87. The molecule has 3 heterocycles. The molecular weight excluding hydrogens is 797 g/mol. The Hall–Kier alpha value is -5.49. The van der Waals surface area contributed by atoms with Crippen molar-refractivity contribution in [1.29, 1.82) is 0 Å². The van der Waals surface area contributed by atoms with Crippen molar-refractivity contribution in [1.82, 2.24) is 9.88 Å². The summed E-state index contributed by atoms with van der Waals surface area (Å²) in [7, 11) is -3.08. The first-order valence-electron chi connectivity index (χ1n) is 21.0. The molecule has 1 fully saturated rings. The summed E-state index contributed by atoms with van der Waals surface area (Å²) in [6, 6.07) is 41.5. The molecule has 0 bridgehead atoms. The predicted octanol–water partition coefficient (Wildman–Crippen LogP) is 8.37. The van der Waals surface area contributed by atoms with Gasteiger partial charge in [-0.25, -0.2) is 0 Å². The second-order valence-electron chi connectivity index (χ2n) is 17.1. The van der Waals surface area contributed by atoms with Crippen LogP contribution in [0.5, 0.6) is 5.75 Å². The number of nitrogens with zero attached hydrogens (tertiary/aromatic N) is 2. The van der Waals surface area contributed by atoms with Gasteiger partial charge in [-0.15, -0.1) is 11.3 Å². The van der Waals surface area contributed by atoms with E-state index in [2.05, 4.69) is 51.1 Å². The minimum atomic E-state index is -3.08. The van der Waals surface area contributed by atoms with Gasteiger partial charge in [0.15, 0.2) is 0 Å². The number of phenolic OH excluding ortho intramolecular Hbond substituents is 1. The third-order valence-corrected chi connectivity index (χ3v) is 18.4. The number of carbonyl (C=O) groups excluding carboxylic acids is 2. The molecule has 1 saturated heterocycles. The topological polar surface area (TPSA) is 120 Å². The number of aliphatic hydroxyl groups is 2. The van der Waals surface area contributed by atoms with Gasteiger partial charge in [0.05, 0.1) is 43.4 Å². The van der Waals surface area contributed by atoms with Crippen LogP contribution in [0, 0.1) is 17.8 Å². The number of hydrogen-bond acceptors (Lipinski definition) is 8. The highest BCUT2D eigenvalue weighted by Crippen LogP contribution is 2.48. The molecule has 312 valence electrons. The molecule has 2 amide bonds. The van der Waals surface area contributed by atoms with E-state index in [4.69, 9.17) is 9.41 Å². The van der Waals surface area contributed by atoms with E-state index in [0.717, 1.165) is 48.4 Å². The van der Waals surface area contributed by atoms with Crippen LogP contribution < -0.4 is 10.4 Å². The van der Waals surface area contributed by atoms with Crippen LogP contribution in [0.15, 0.2) is 150 Å². The van der Waals surface area contributed by atoms with Crippen LogP contribution >= 0.6 is 11.3 Å². The lowest BCUT2D eigenvalue weighted by Gasteiger charge is -2.44. The van der Waals surface area contributed by atoms with Gasteiger partial charge >= 0.3 is 0 Å². The molecule has 10 heteroatoms. The van der Waals surface area contributed by atoms with Gasteiger partial charge in [-0.1, -0.05) is 124 Å². The first-order chi connectivity index (χ1) is 29.5. The number of aromatic nitrogens is 1. The number of pyridine rings is 1. The van der Waals surface area contributed by atoms with Crippen molar-refractivity contribution < 1.29 is 29.3 Å². The van der Waals surface area contributed by atoms with Crippen molar-refractivity contribution >= 4 is 64.3 Å². The van der Waals surface area contributed by atoms with E-state index in [0.29, 0.717) is 12.0 Å². The summed E-state index contributed by atoms with van der Waals surface area (Å²) < 4.78 is 7.46. The monoisotopic (exact) mass is 848 g/mol. The molecule has 1 aliphatic carbocycles. The highest BCUT2D eigenvalue weighted by atomic mass is 32.1. The van der Waals surface area contributed by atoms with Crippen molar-refractivity contribution in [3.05, 3.63) is 166 Å². The molecule has 1 aliphatic heterocycles. The van der Waals surface area contributed by atoms with Crippen molar-refractivity contribution in [3.8, 4) is 5.75 Å². The smallest absolute Gasteiger partial charge is 0.261 e. The molecule has 2 aliphatic rings. The summed E-state index contributed by atoms with van der Waals surface area (Å²) in [5.74, 6) is -2.66. The predicted molar refractivity (Wildman–Crippen MR) is 246 cm³/mol. The normalized spacial score (nSPS) is 19.1. The Morgan fingerprint density at radius 2 is 1.54 bits per heavy atom. The lowest BCUT2D eigenvalue weighted by Crippen LogP contribution is -2.66. The Labute approximate surface area is 362 Å². The number of likely N-dealkylation sites (tertiary alicyclic amines) is 1.